The average molecular weight is 665 g/mol. The number of aromatic nitrogens is 1. The number of halogens is 2. The molecule has 0 bridgehead atoms. The van der Waals surface area contributed by atoms with Crippen LogP contribution in [-0.2, 0) is 30.4 Å². The van der Waals surface area contributed by atoms with Gasteiger partial charge in [-0.3, -0.25) is 4.79 Å². The molecule has 16 heteroatoms. The highest BCUT2D eigenvalue weighted by Gasteiger charge is 2.27. The summed E-state index contributed by atoms with van der Waals surface area (Å²) in [6.07, 6.45) is 0.0584. The van der Waals surface area contributed by atoms with Crippen LogP contribution in [0.5, 0.6) is 5.75 Å². The number of carbonyl (C=O) groups is 1. The molecule has 0 aliphatic heterocycles. The second-order valence-electron chi connectivity index (χ2n) is 9.75. The van der Waals surface area contributed by atoms with Crippen molar-refractivity contribution < 1.29 is 44.7 Å². The Morgan fingerprint density at radius 1 is 1.00 bits per heavy atom. The number of aliphatic hydroxyl groups excluding tert-OH is 1. The highest BCUT2D eigenvalue weighted by atomic mass is 32.2. The first kappa shape index (κ1) is 33.5. The molecule has 4 aromatic rings. The zero-order valence-electron chi connectivity index (χ0n) is 23.6. The number of nitrogens with zero attached hydrogens (tertiary/aromatic N) is 2. The summed E-state index contributed by atoms with van der Waals surface area (Å²) in [5, 5.41) is 15.5. The van der Waals surface area contributed by atoms with Crippen LogP contribution in [0, 0.1) is 0 Å². The van der Waals surface area contributed by atoms with Crippen molar-refractivity contribution in [1.82, 2.24) is 15.6 Å². The van der Waals surface area contributed by atoms with E-state index >= 15 is 0 Å². The number of aliphatic hydroxyl groups is 1. The van der Waals surface area contributed by atoms with Crippen LogP contribution in [0.15, 0.2) is 92.6 Å². The Morgan fingerprint density at radius 3 is 2.42 bits per heavy atom. The van der Waals surface area contributed by atoms with Gasteiger partial charge in [-0.05, 0) is 43.2 Å². The van der Waals surface area contributed by atoms with E-state index < -0.39 is 56.0 Å². The maximum atomic E-state index is 13.1. The minimum atomic E-state index is -4.17. The van der Waals surface area contributed by atoms with Crippen LogP contribution >= 0.6 is 0 Å². The van der Waals surface area contributed by atoms with Gasteiger partial charge in [-0.15, -0.1) is 4.40 Å². The summed E-state index contributed by atoms with van der Waals surface area (Å²) in [6.45, 7) is -3.17. The number of para-hydroxylation sites is 3. The number of carbonyl (C=O) groups excluding carboxylic acids is 1. The molecule has 0 fully saturated rings. The Labute approximate surface area is 258 Å². The molecule has 0 aliphatic rings. The predicted octanol–water partition coefficient (Wildman–Crippen LogP) is 3.35. The van der Waals surface area contributed by atoms with Gasteiger partial charge in [0.1, 0.15) is 29.8 Å². The molecule has 4 rings (SSSR count). The number of benzene rings is 3. The molecule has 0 saturated heterocycles. The normalized spacial score (nSPS) is 13.6. The van der Waals surface area contributed by atoms with E-state index in [9.17, 15) is 35.5 Å². The van der Waals surface area contributed by atoms with Crippen molar-refractivity contribution in [3.05, 3.63) is 90.3 Å². The highest BCUT2D eigenvalue weighted by Crippen LogP contribution is 2.24. The van der Waals surface area contributed by atoms with Crippen LogP contribution in [0.3, 0.4) is 0 Å². The first-order valence-corrected chi connectivity index (χ1v) is 16.8. The molecule has 1 aromatic heterocycles. The third-order valence-electron chi connectivity index (χ3n) is 6.36. The summed E-state index contributed by atoms with van der Waals surface area (Å²) >= 11 is 0. The molecule has 3 aromatic carbocycles. The second-order valence-corrected chi connectivity index (χ2v) is 13.5. The lowest BCUT2D eigenvalue weighted by atomic mass is 10.2. The van der Waals surface area contributed by atoms with E-state index in [1.165, 1.54) is 48.5 Å². The first-order chi connectivity index (χ1) is 21.4. The predicted molar refractivity (Wildman–Crippen MR) is 161 cm³/mol. The number of oxazole rings is 1. The lowest BCUT2D eigenvalue weighted by molar-refractivity contribution is -0.122. The number of rotatable bonds is 16. The number of sulfonamides is 1. The van der Waals surface area contributed by atoms with E-state index in [4.69, 9.17) is 4.42 Å². The molecular weight excluding hydrogens is 634 g/mol. The fourth-order valence-electron chi connectivity index (χ4n) is 4.21. The van der Waals surface area contributed by atoms with Gasteiger partial charge in [-0.25, -0.2) is 13.4 Å². The molecule has 0 aliphatic carbocycles. The highest BCUT2D eigenvalue weighted by molar-refractivity contribution is 7.90. The molecule has 1 amide bonds. The Balaban J connectivity index is 1.42. The van der Waals surface area contributed by atoms with Gasteiger partial charge in [0, 0.05) is 12.1 Å². The molecule has 0 spiro atoms. The van der Waals surface area contributed by atoms with Crippen molar-refractivity contribution >= 4 is 43.2 Å². The van der Waals surface area contributed by atoms with Crippen molar-refractivity contribution in [2.45, 2.75) is 42.2 Å². The maximum Gasteiger partial charge on any atom is 0.387 e. The smallest absolute Gasteiger partial charge is 0.387 e. The van der Waals surface area contributed by atoms with Gasteiger partial charge in [-0.1, -0.05) is 48.5 Å². The molecule has 0 radical (unpaired) electrons. The first-order valence-electron chi connectivity index (χ1n) is 13.6. The van der Waals surface area contributed by atoms with Crippen LogP contribution < -0.4 is 15.4 Å². The van der Waals surface area contributed by atoms with Crippen LogP contribution in [-0.4, -0.2) is 64.1 Å². The molecule has 0 saturated carbocycles. The van der Waals surface area contributed by atoms with E-state index in [1.54, 1.807) is 30.3 Å². The summed E-state index contributed by atoms with van der Waals surface area (Å²) in [6, 6.07) is 18.0. The topological polar surface area (TPSA) is 177 Å². The standard InChI is InChI=1S/C29H30F2N4O8S2/c30-29(31)43-25-14-6-4-9-20(25)17-44(38,39)18-23(33-19-34-45(40,41)21-10-2-1-3-11-21)27(37)32-16-8-13-24(36)28-35-22-12-5-7-15-26(22)42-28/h1-7,9-12,14-15,19,23-24,29,36H,8,13,16-18H2,(H,32,37)(H,33,34)/t23-,24?/m0/s1. The van der Waals surface area contributed by atoms with Gasteiger partial charge in [-0.2, -0.15) is 17.2 Å². The average Bonchev–Trinajstić information content (AvgIpc) is 3.44. The molecule has 45 heavy (non-hydrogen) atoms. The fourth-order valence-corrected chi connectivity index (χ4v) is 6.62. The monoisotopic (exact) mass is 664 g/mol. The Morgan fingerprint density at radius 2 is 1.69 bits per heavy atom. The molecule has 2 atom stereocenters. The minimum Gasteiger partial charge on any atom is -0.438 e. The number of hydrogen-bond donors (Lipinski definition) is 3. The molecule has 3 N–H and O–H groups in total. The van der Waals surface area contributed by atoms with E-state index in [0.717, 1.165) is 0 Å². The quantitative estimate of drug-likeness (QED) is 0.0915. The van der Waals surface area contributed by atoms with Crippen LogP contribution in [0.4, 0.5) is 8.78 Å². The number of nitrogens with one attached hydrogen (secondary N) is 2. The molecule has 1 heterocycles. The Bertz CT molecular complexity index is 1800. The molecule has 240 valence electrons. The van der Waals surface area contributed by atoms with Crippen LogP contribution in [0.25, 0.3) is 11.1 Å². The summed E-state index contributed by atoms with van der Waals surface area (Å²) in [7, 11) is -8.33. The Kier molecular flexibility index (Phi) is 11.2. The summed E-state index contributed by atoms with van der Waals surface area (Å²) < 4.78 is 90.3. The van der Waals surface area contributed by atoms with E-state index in [2.05, 4.69) is 24.8 Å². The molecule has 12 nitrogen and oxygen atoms in total. The lowest BCUT2D eigenvalue weighted by Gasteiger charge is -2.18. The number of ether oxygens (including phenoxy) is 1. The minimum absolute atomic E-state index is 0.0128. The number of hydrogen-bond acceptors (Lipinski definition) is 9. The fraction of sp³-hybridized carbons (Fsp3) is 0.276. The molecule has 1 unspecified atom stereocenters. The zero-order chi connectivity index (χ0) is 32.5. The van der Waals surface area contributed by atoms with Gasteiger partial charge in [0.2, 0.25) is 11.8 Å². The number of alkyl halides is 2. The summed E-state index contributed by atoms with van der Waals surface area (Å²) in [5.41, 5.74) is 1.04. The van der Waals surface area contributed by atoms with Gasteiger partial charge < -0.3 is 24.9 Å². The number of fused-ring (bicyclic) bond motifs is 1. The van der Waals surface area contributed by atoms with Crippen molar-refractivity contribution in [2.75, 3.05) is 12.3 Å². The summed E-state index contributed by atoms with van der Waals surface area (Å²) in [5.74, 6) is -2.61. The van der Waals surface area contributed by atoms with Crippen LogP contribution in [0.1, 0.15) is 30.4 Å². The lowest BCUT2D eigenvalue weighted by Crippen LogP contribution is -2.48. The van der Waals surface area contributed by atoms with Crippen molar-refractivity contribution in [1.29, 1.82) is 0 Å². The van der Waals surface area contributed by atoms with Crippen molar-refractivity contribution in [2.24, 2.45) is 4.40 Å². The number of amides is 1. The second kappa shape index (κ2) is 15.0. The van der Waals surface area contributed by atoms with E-state index in [-0.39, 0.29) is 41.5 Å². The zero-order valence-corrected chi connectivity index (χ0v) is 25.3. The van der Waals surface area contributed by atoms with Gasteiger partial charge in [0.15, 0.2) is 15.4 Å². The largest absolute Gasteiger partial charge is 0.438 e. The Hall–Kier alpha value is -4.41. The maximum absolute atomic E-state index is 13.1. The third-order valence-corrected chi connectivity index (χ3v) is 9.20. The SMILES string of the molecule is O=C(NCCCC(O)c1nc2ccccc2o1)[C@H](CS(=O)(=O)Cc1ccccc1OC(F)F)NC=NS(=O)(=O)c1ccccc1. The van der Waals surface area contributed by atoms with Crippen LogP contribution in [0.2, 0.25) is 0 Å². The van der Waals surface area contributed by atoms with Gasteiger partial charge in [0.05, 0.1) is 16.4 Å². The van der Waals surface area contributed by atoms with Crippen molar-refractivity contribution in [3.63, 3.8) is 0 Å². The van der Waals surface area contributed by atoms with E-state index in [0.29, 0.717) is 17.4 Å². The molecular formula is C29H30F2N4O8S2. The number of sulfone groups is 1. The summed E-state index contributed by atoms with van der Waals surface area (Å²) in [4.78, 5) is 17.2. The van der Waals surface area contributed by atoms with Crippen molar-refractivity contribution in [3.8, 4) is 5.75 Å². The van der Waals surface area contributed by atoms with Gasteiger partial charge >= 0.3 is 6.61 Å². The van der Waals surface area contributed by atoms with E-state index in [1.807, 2.05) is 0 Å². The van der Waals surface area contributed by atoms with Gasteiger partial charge in [0.25, 0.3) is 10.0 Å². The third kappa shape index (κ3) is 9.79.